The number of nitrogens with one attached hydrogen (secondary N) is 2. The van der Waals surface area contributed by atoms with Crippen molar-refractivity contribution in [3.8, 4) is 0 Å². The zero-order valence-electron chi connectivity index (χ0n) is 14.9. The SMILES string of the molecule is CSC(=S)NN=Cc1ccccn1.CSC(=S)NN=Cc1ccccn1.[Zn]. The summed E-state index contributed by atoms with van der Waals surface area (Å²) in [6.45, 7) is 0. The molecule has 0 radical (unpaired) electrons. The predicted octanol–water partition coefficient (Wildman–Crippen LogP) is 3.30. The summed E-state index contributed by atoms with van der Waals surface area (Å²) in [6, 6.07) is 11.3. The minimum atomic E-state index is 0. The van der Waals surface area contributed by atoms with E-state index < -0.39 is 0 Å². The first-order valence-corrected chi connectivity index (χ1v) is 10.5. The van der Waals surface area contributed by atoms with Crippen molar-refractivity contribution in [3.63, 3.8) is 0 Å². The number of thiocarbonyl (C=S) groups is 2. The van der Waals surface area contributed by atoms with E-state index in [1.54, 1.807) is 24.8 Å². The number of nitrogens with zero attached hydrogens (tertiary/aromatic N) is 4. The summed E-state index contributed by atoms with van der Waals surface area (Å²) in [5, 5.41) is 7.83. The van der Waals surface area contributed by atoms with E-state index >= 15 is 0 Å². The van der Waals surface area contributed by atoms with Gasteiger partial charge in [-0.1, -0.05) is 60.1 Å². The Morgan fingerprint density at radius 1 is 0.852 bits per heavy atom. The molecule has 138 valence electrons. The first kappa shape index (κ1) is 25.7. The summed E-state index contributed by atoms with van der Waals surface area (Å²) in [7, 11) is 0. The summed E-state index contributed by atoms with van der Waals surface area (Å²) in [4.78, 5) is 8.12. The van der Waals surface area contributed by atoms with Gasteiger partial charge in [-0.15, -0.1) is 0 Å². The summed E-state index contributed by atoms with van der Waals surface area (Å²) in [5.41, 5.74) is 7.02. The van der Waals surface area contributed by atoms with Crippen LogP contribution in [0.15, 0.2) is 59.0 Å². The Bertz CT molecular complexity index is 665. The zero-order valence-corrected chi connectivity index (χ0v) is 21.1. The average molecular weight is 488 g/mol. The molecule has 11 heteroatoms. The average Bonchev–Trinajstić information content (AvgIpc) is 2.70. The second kappa shape index (κ2) is 16.9. The standard InChI is InChI=1S/2C8H9N3S2.Zn/c2*1-13-8(12)11-10-6-7-4-2-3-5-9-7;/h2*2-6H,1H3,(H,11,12);. The molecular formula is C16H18N6S4Zn. The topological polar surface area (TPSA) is 74.6 Å². The van der Waals surface area contributed by atoms with Crippen molar-refractivity contribution in [1.82, 2.24) is 20.8 Å². The van der Waals surface area contributed by atoms with E-state index in [4.69, 9.17) is 24.4 Å². The van der Waals surface area contributed by atoms with Crippen LogP contribution in [0.1, 0.15) is 11.4 Å². The molecule has 0 aliphatic carbocycles. The molecule has 0 spiro atoms. The number of thioether (sulfide) groups is 2. The van der Waals surface area contributed by atoms with Crippen LogP contribution < -0.4 is 10.9 Å². The monoisotopic (exact) mass is 486 g/mol. The van der Waals surface area contributed by atoms with Gasteiger partial charge in [0, 0.05) is 31.9 Å². The van der Waals surface area contributed by atoms with Crippen LogP contribution >= 0.6 is 48.0 Å². The van der Waals surface area contributed by atoms with Gasteiger partial charge in [-0.2, -0.15) is 10.2 Å². The van der Waals surface area contributed by atoms with Gasteiger partial charge in [0.1, 0.15) is 0 Å². The summed E-state index contributed by atoms with van der Waals surface area (Å²) in [6.07, 6.45) is 10.5. The van der Waals surface area contributed by atoms with E-state index in [1.807, 2.05) is 48.9 Å². The number of hydrazone groups is 2. The molecule has 0 saturated heterocycles. The molecule has 27 heavy (non-hydrogen) atoms. The van der Waals surface area contributed by atoms with Gasteiger partial charge in [0.25, 0.3) is 0 Å². The van der Waals surface area contributed by atoms with Crippen molar-refractivity contribution < 1.29 is 19.5 Å². The van der Waals surface area contributed by atoms with Crippen LogP contribution in [-0.2, 0) is 19.5 Å². The van der Waals surface area contributed by atoms with Crippen LogP contribution in [0.25, 0.3) is 0 Å². The summed E-state index contributed by atoms with van der Waals surface area (Å²) >= 11 is 12.7. The van der Waals surface area contributed by atoms with Gasteiger partial charge in [-0.3, -0.25) is 20.8 Å². The molecule has 0 atom stereocenters. The number of hydrogen-bond donors (Lipinski definition) is 2. The van der Waals surface area contributed by atoms with Crippen molar-refractivity contribution in [2.75, 3.05) is 12.5 Å². The molecule has 2 rings (SSSR count). The summed E-state index contributed by atoms with van der Waals surface area (Å²) < 4.78 is 1.29. The van der Waals surface area contributed by atoms with Gasteiger partial charge in [-0.25, -0.2) is 0 Å². The van der Waals surface area contributed by atoms with Crippen LogP contribution in [0.2, 0.25) is 0 Å². The first-order chi connectivity index (χ1) is 12.7. The van der Waals surface area contributed by atoms with Crippen LogP contribution in [-0.4, -0.2) is 43.5 Å². The van der Waals surface area contributed by atoms with Crippen molar-refractivity contribution in [2.24, 2.45) is 10.2 Å². The smallest absolute Gasteiger partial charge is 0.153 e. The van der Waals surface area contributed by atoms with Crippen molar-refractivity contribution in [2.45, 2.75) is 0 Å². The third-order valence-corrected chi connectivity index (χ3v) is 4.56. The largest absolute Gasteiger partial charge is 0.262 e. The van der Waals surface area contributed by atoms with Gasteiger partial charge in [-0.05, 0) is 36.8 Å². The fraction of sp³-hybridized carbons (Fsp3) is 0.125. The van der Waals surface area contributed by atoms with E-state index in [0.717, 1.165) is 11.4 Å². The van der Waals surface area contributed by atoms with Gasteiger partial charge in [0.2, 0.25) is 0 Å². The molecule has 2 aromatic rings. The fourth-order valence-corrected chi connectivity index (χ4v) is 1.69. The summed E-state index contributed by atoms with van der Waals surface area (Å²) in [5.74, 6) is 0. The Labute approximate surface area is 191 Å². The third kappa shape index (κ3) is 13.5. The Morgan fingerprint density at radius 3 is 1.56 bits per heavy atom. The molecule has 2 N–H and O–H groups in total. The predicted molar refractivity (Wildman–Crippen MR) is 122 cm³/mol. The maximum Gasteiger partial charge on any atom is 0.153 e. The molecular weight excluding hydrogens is 470 g/mol. The van der Waals surface area contributed by atoms with E-state index in [0.29, 0.717) is 8.64 Å². The fourth-order valence-electron chi connectivity index (χ4n) is 1.30. The van der Waals surface area contributed by atoms with Gasteiger partial charge < -0.3 is 0 Å². The van der Waals surface area contributed by atoms with Crippen molar-refractivity contribution >= 4 is 69.0 Å². The molecule has 0 saturated carbocycles. The van der Waals surface area contributed by atoms with Gasteiger partial charge >= 0.3 is 0 Å². The van der Waals surface area contributed by atoms with Crippen LogP contribution in [0, 0.1) is 0 Å². The second-order valence-electron chi connectivity index (χ2n) is 4.23. The van der Waals surface area contributed by atoms with E-state index in [1.165, 1.54) is 23.5 Å². The van der Waals surface area contributed by atoms with E-state index in [-0.39, 0.29) is 19.5 Å². The van der Waals surface area contributed by atoms with Crippen molar-refractivity contribution in [1.29, 1.82) is 0 Å². The Hall–Kier alpha value is -1.26. The second-order valence-corrected chi connectivity index (χ2v) is 7.20. The Morgan fingerprint density at radius 2 is 1.26 bits per heavy atom. The number of hydrogen-bond acceptors (Lipinski definition) is 8. The molecule has 2 aromatic heterocycles. The molecule has 0 aromatic carbocycles. The molecule has 0 aliphatic rings. The first-order valence-electron chi connectivity index (χ1n) is 7.21. The number of rotatable bonds is 4. The molecule has 0 unspecified atom stereocenters. The van der Waals surface area contributed by atoms with E-state index in [9.17, 15) is 0 Å². The van der Waals surface area contributed by atoms with Crippen LogP contribution in [0.4, 0.5) is 0 Å². The van der Waals surface area contributed by atoms with Crippen molar-refractivity contribution in [3.05, 3.63) is 60.2 Å². The van der Waals surface area contributed by atoms with Gasteiger partial charge in [0.05, 0.1) is 23.8 Å². The zero-order chi connectivity index (χ0) is 19.0. The molecule has 0 aliphatic heterocycles. The maximum atomic E-state index is 4.89. The molecule has 0 fully saturated rings. The van der Waals surface area contributed by atoms with Gasteiger partial charge in [0.15, 0.2) is 8.64 Å². The third-order valence-electron chi connectivity index (χ3n) is 2.45. The molecule has 0 amide bonds. The molecule has 6 nitrogen and oxygen atoms in total. The quantitative estimate of drug-likeness (QED) is 0.294. The Balaban J connectivity index is 0.000000483. The minimum Gasteiger partial charge on any atom is -0.262 e. The molecule has 0 bridgehead atoms. The number of aromatic nitrogens is 2. The Kier molecular flexibility index (Phi) is 16.1. The van der Waals surface area contributed by atoms with Crippen LogP contribution in [0.3, 0.4) is 0 Å². The molecule has 2 heterocycles. The van der Waals surface area contributed by atoms with E-state index in [2.05, 4.69) is 31.0 Å². The van der Waals surface area contributed by atoms with Crippen LogP contribution in [0.5, 0.6) is 0 Å². The number of pyridine rings is 2. The minimum absolute atomic E-state index is 0. The maximum absolute atomic E-state index is 4.89. The normalized spacial score (nSPS) is 9.85.